The summed E-state index contributed by atoms with van der Waals surface area (Å²) < 4.78 is 0. The molecule has 1 aromatic rings. The van der Waals surface area contributed by atoms with Gasteiger partial charge in [0.25, 0.3) is 0 Å². The minimum Gasteiger partial charge on any atom is -0.351 e. The number of carbonyl (C=O) groups is 1. The van der Waals surface area contributed by atoms with Crippen LogP contribution in [0.3, 0.4) is 0 Å². The van der Waals surface area contributed by atoms with Gasteiger partial charge in [-0.15, -0.1) is 11.8 Å². The summed E-state index contributed by atoms with van der Waals surface area (Å²) in [5, 5.41) is 2.98. The van der Waals surface area contributed by atoms with E-state index in [9.17, 15) is 4.79 Å². The molecule has 3 nitrogen and oxygen atoms in total. The van der Waals surface area contributed by atoms with Crippen molar-refractivity contribution in [1.82, 2.24) is 10.2 Å². The van der Waals surface area contributed by atoms with Crippen molar-refractivity contribution in [3.8, 4) is 0 Å². The summed E-state index contributed by atoms with van der Waals surface area (Å²) in [6.45, 7) is 0.620. The van der Waals surface area contributed by atoms with Crippen LogP contribution in [-0.4, -0.2) is 35.5 Å². The van der Waals surface area contributed by atoms with Crippen LogP contribution in [0.5, 0.6) is 0 Å². The molecular weight excluding hydrogens is 220 g/mol. The molecule has 0 aromatic heterocycles. The molecule has 1 saturated heterocycles. The zero-order chi connectivity index (χ0) is 11.4. The van der Waals surface area contributed by atoms with Gasteiger partial charge in [0.15, 0.2) is 0 Å². The van der Waals surface area contributed by atoms with Crippen molar-refractivity contribution in [3.05, 3.63) is 35.9 Å². The molecule has 1 aliphatic rings. The number of rotatable bonds is 3. The minimum atomic E-state index is 0.0358. The quantitative estimate of drug-likeness (QED) is 0.859. The molecule has 0 aliphatic carbocycles. The Morgan fingerprint density at radius 3 is 2.88 bits per heavy atom. The van der Waals surface area contributed by atoms with Gasteiger partial charge in [-0.05, 0) is 12.6 Å². The molecule has 0 radical (unpaired) electrons. The van der Waals surface area contributed by atoms with Crippen molar-refractivity contribution < 1.29 is 4.79 Å². The fraction of sp³-hybridized carbons (Fsp3) is 0.417. The standard InChI is InChI=1S/C12H16N2OS/c1-14-9-16-8-11(14)12(15)13-7-10-5-3-2-4-6-10/h2-6,11H,7-9H2,1H3,(H,13,15)/t11-/m1/s1. The van der Waals surface area contributed by atoms with Crippen molar-refractivity contribution in [2.75, 3.05) is 18.7 Å². The lowest BCUT2D eigenvalue weighted by molar-refractivity contribution is -0.124. The molecule has 2 rings (SSSR count). The second-order valence-corrected chi connectivity index (χ2v) is 4.98. The molecule has 16 heavy (non-hydrogen) atoms. The summed E-state index contributed by atoms with van der Waals surface area (Å²) in [5.74, 6) is 1.98. The summed E-state index contributed by atoms with van der Waals surface area (Å²) in [5.41, 5.74) is 1.14. The Hall–Kier alpha value is -1.00. The lowest BCUT2D eigenvalue weighted by atomic mass is 10.2. The summed E-state index contributed by atoms with van der Waals surface area (Å²) >= 11 is 1.81. The van der Waals surface area contributed by atoms with E-state index >= 15 is 0 Å². The third-order valence-electron chi connectivity index (χ3n) is 2.71. The molecular formula is C12H16N2OS. The first kappa shape index (κ1) is 11.5. The number of nitrogens with zero attached hydrogens (tertiary/aromatic N) is 1. The van der Waals surface area contributed by atoms with Crippen LogP contribution in [0.1, 0.15) is 5.56 Å². The predicted octanol–water partition coefficient (Wildman–Crippen LogP) is 1.31. The van der Waals surface area contributed by atoms with E-state index in [0.29, 0.717) is 6.54 Å². The van der Waals surface area contributed by atoms with Crippen molar-refractivity contribution in [2.45, 2.75) is 12.6 Å². The lowest BCUT2D eigenvalue weighted by Gasteiger charge is -2.17. The molecule has 1 aliphatic heterocycles. The SMILES string of the molecule is CN1CSC[C@@H]1C(=O)NCc1ccccc1. The molecule has 86 valence electrons. The van der Waals surface area contributed by atoms with E-state index in [4.69, 9.17) is 0 Å². The number of nitrogens with one attached hydrogen (secondary N) is 1. The monoisotopic (exact) mass is 236 g/mol. The van der Waals surface area contributed by atoms with E-state index < -0.39 is 0 Å². The number of benzene rings is 1. The maximum absolute atomic E-state index is 11.9. The van der Waals surface area contributed by atoms with Crippen LogP contribution in [0.15, 0.2) is 30.3 Å². The van der Waals surface area contributed by atoms with Crippen LogP contribution in [-0.2, 0) is 11.3 Å². The second kappa shape index (κ2) is 5.37. The Bertz CT molecular complexity index is 355. The van der Waals surface area contributed by atoms with Gasteiger partial charge in [-0.2, -0.15) is 0 Å². The second-order valence-electron chi connectivity index (χ2n) is 3.98. The summed E-state index contributed by atoms with van der Waals surface area (Å²) in [6, 6.07) is 10.0. The number of hydrogen-bond donors (Lipinski definition) is 1. The van der Waals surface area contributed by atoms with Gasteiger partial charge >= 0.3 is 0 Å². The normalized spacial score (nSPS) is 20.9. The summed E-state index contributed by atoms with van der Waals surface area (Å²) in [6.07, 6.45) is 0. The predicted molar refractivity (Wildman–Crippen MR) is 67.2 cm³/mol. The third kappa shape index (κ3) is 2.77. The number of likely N-dealkylation sites (N-methyl/N-ethyl adjacent to an activating group) is 1. The van der Waals surface area contributed by atoms with Gasteiger partial charge in [-0.1, -0.05) is 30.3 Å². The lowest BCUT2D eigenvalue weighted by Crippen LogP contribution is -2.42. The van der Waals surface area contributed by atoms with Crippen LogP contribution in [0.2, 0.25) is 0 Å². The number of amides is 1. The van der Waals surface area contributed by atoms with Gasteiger partial charge in [0.1, 0.15) is 0 Å². The maximum atomic E-state index is 11.9. The summed E-state index contributed by atoms with van der Waals surface area (Å²) in [7, 11) is 1.99. The van der Waals surface area contributed by atoms with Gasteiger partial charge in [0.05, 0.1) is 6.04 Å². The fourth-order valence-corrected chi connectivity index (χ4v) is 2.91. The van der Waals surface area contributed by atoms with Crippen LogP contribution >= 0.6 is 11.8 Å². The van der Waals surface area contributed by atoms with Crippen LogP contribution in [0.25, 0.3) is 0 Å². The Labute approximate surface area is 100 Å². The first-order valence-electron chi connectivity index (χ1n) is 5.37. The first-order chi connectivity index (χ1) is 7.77. The number of hydrogen-bond acceptors (Lipinski definition) is 3. The average molecular weight is 236 g/mol. The smallest absolute Gasteiger partial charge is 0.238 e. The van der Waals surface area contributed by atoms with Crippen molar-refractivity contribution >= 4 is 17.7 Å². The van der Waals surface area contributed by atoms with Crippen LogP contribution in [0.4, 0.5) is 0 Å². The highest BCUT2D eigenvalue weighted by Crippen LogP contribution is 2.18. The van der Waals surface area contributed by atoms with E-state index in [1.807, 2.05) is 37.4 Å². The molecule has 4 heteroatoms. The number of carbonyl (C=O) groups excluding carboxylic acids is 1. The zero-order valence-electron chi connectivity index (χ0n) is 9.35. The van der Waals surface area contributed by atoms with Gasteiger partial charge in [-0.3, -0.25) is 9.69 Å². The van der Waals surface area contributed by atoms with E-state index in [1.54, 1.807) is 11.8 Å². The molecule has 0 bridgehead atoms. The minimum absolute atomic E-state index is 0.0358. The van der Waals surface area contributed by atoms with Gasteiger partial charge in [0.2, 0.25) is 5.91 Å². The van der Waals surface area contributed by atoms with Crippen LogP contribution < -0.4 is 5.32 Å². The Kier molecular flexibility index (Phi) is 3.85. The average Bonchev–Trinajstić information content (AvgIpc) is 2.74. The Morgan fingerprint density at radius 2 is 2.25 bits per heavy atom. The van der Waals surface area contributed by atoms with E-state index in [1.165, 1.54) is 0 Å². The highest BCUT2D eigenvalue weighted by Gasteiger charge is 2.27. The Balaban J connectivity index is 1.84. The van der Waals surface area contributed by atoms with Gasteiger partial charge in [-0.25, -0.2) is 0 Å². The molecule has 1 heterocycles. The highest BCUT2D eigenvalue weighted by atomic mass is 32.2. The number of thioether (sulfide) groups is 1. The third-order valence-corrected chi connectivity index (χ3v) is 3.86. The van der Waals surface area contributed by atoms with E-state index in [-0.39, 0.29) is 11.9 Å². The molecule has 0 unspecified atom stereocenters. The van der Waals surface area contributed by atoms with E-state index in [0.717, 1.165) is 17.2 Å². The Morgan fingerprint density at radius 1 is 1.50 bits per heavy atom. The summed E-state index contributed by atoms with van der Waals surface area (Å²) in [4.78, 5) is 14.0. The topological polar surface area (TPSA) is 32.3 Å². The van der Waals surface area contributed by atoms with Crippen molar-refractivity contribution in [3.63, 3.8) is 0 Å². The van der Waals surface area contributed by atoms with Gasteiger partial charge in [0, 0.05) is 18.2 Å². The van der Waals surface area contributed by atoms with Crippen LogP contribution in [0, 0.1) is 0 Å². The molecule has 1 amide bonds. The van der Waals surface area contributed by atoms with Crippen molar-refractivity contribution in [2.24, 2.45) is 0 Å². The molecule has 1 N–H and O–H groups in total. The fourth-order valence-electron chi connectivity index (χ4n) is 1.70. The largest absolute Gasteiger partial charge is 0.351 e. The first-order valence-corrected chi connectivity index (χ1v) is 6.52. The molecule has 1 fully saturated rings. The van der Waals surface area contributed by atoms with E-state index in [2.05, 4.69) is 10.2 Å². The molecule has 0 spiro atoms. The zero-order valence-corrected chi connectivity index (χ0v) is 10.2. The molecule has 1 atom stereocenters. The highest BCUT2D eigenvalue weighted by molar-refractivity contribution is 7.99. The van der Waals surface area contributed by atoms with Crippen molar-refractivity contribution in [1.29, 1.82) is 0 Å². The molecule has 1 aromatic carbocycles. The molecule has 0 saturated carbocycles. The maximum Gasteiger partial charge on any atom is 0.238 e. The van der Waals surface area contributed by atoms with Gasteiger partial charge < -0.3 is 5.32 Å².